The maximum atomic E-state index is 12.0. The lowest BCUT2D eigenvalue weighted by atomic mass is 9.87. The van der Waals surface area contributed by atoms with E-state index in [2.05, 4.69) is 15.9 Å². The number of nitrogens with zero attached hydrogens (tertiary/aromatic N) is 1. The third kappa shape index (κ3) is 3.37. The highest BCUT2D eigenvalue weighted by Crippen LogP contribution is 2.32. The molecule has 1 atom stereocenters. The van der Waals surface area contributed by atoms with E-state index >= 15 is 0 Å². The minimum Gasteiger partial charge on any atom is -0.481 e. The number of anilines is 1. The average molecular weight is 356 g/mol. The first-order valence-corrected chi connectivity index (χ1v) is 7.48. The summed E-state index contributed by atoms with van der Waals surface area (Å²) in [7, 11) is 0. The molecule has 0 unspecified atom stereocenters. The summed E-state index contributed by atoms with van der Waals surface area (Å²) in [6.07, 6.45) is -0.543. The Morgan fingerprint density at radius 1 is 1.52 bits per heavy atom. The Kier molecular flexibility index (Phi) is 4.27. The monoisotopic (exact) mass is 355 g/mol. The van der Waals surface area contributed by atoms with Crippen molar-refractivity contribution in [1.29, 1.82) is 0 Å². The van der Waals surface area contributed by atoms with Crippen LogP contribution < -0.4 is 4.90 Å². The van der Waals surface area contributed by atoms with Crippen molar-refractivity contribution >= 4 is 33.7 Å². The van der Waals surface area contributed by atoms with Gasteiger partial charge in [-0.2, -0.15) is 0 Å². The molecular weight excluding hydrogens is 338 g/mol. The summed E-state index contributed by atoms with van der Waals surface area (Å²) in [6.45, 7) is 5.56. The molecule has 0 spiro atoms. The number of rotatable bonds is 4. The molecule has 1 fully saturated rings. The van der Waals surface area contributed by atoms with Gasteiger partial charge in [-0.3, -0.25) is 9.69 Å². The van der Waals surface area contributed by atoms with Crippen molar-refractivity contribution in [2.45, 2.75) is 33.3 Å². The molecule has 6 heteroatoms. The molecule has 0 aliphatic carbocycles. The van der Waals surface area contributed by atoms with Gasteiger partial charge in [-0.25, -0.2) is 4.79 Å². The number of ether oxygens (including phenoxy) is 1. The lowest BCUT2D eigenvalue weighted by Crippen LogP contribution is -2.31. The van der Waals surface area contributed by atoms with Crippen LogP contribution in [0.2, 0.25) is 0 Å². The zero-order valence-electron chi connectivity index (χ0n) is 12.2. The molecular formula is C15H18BrNO4. The van der Waals surface area contributed by atoms with Gasteiger partial charge < -0.3 is 9.84 Å². The van der Waals surface area contributed by atoms with Gasteiger partial charge >= 0.3 is 12.1 Å². The van der Waals surface area contributed by atoms with Crippen molar-refractivity contribution in [2.75, 3.05) is 11.4 Å². The fourth-order valence-electron chi connectivity index (χ4n) is 2.40. The molecule has 114 valence electrons. The highest BCUT2D eigenvalue weighted by Gasteiger charge is 2.39. The Balaban J connectivity index is 2.15. The minimum atomic E-state index is -0.921. The number of aliphatic carboxylic acids is 1. The summed E-state index contributed by atoms with van der Waals surface area (Å²) in [5.41, 5.74) is 0.828. The number of carboxylic acid groups (broad SMARTS) is 1. The van der Waals surface area contributed by atoms with Crippen LogP contribution in [0.1, 0.15) is 25.8 Å². The van der Waals surface area contributed by atoms with E-state index in [1.165, 1.54) is 0 Å². The highest BCUT2D eigenvalue weighted by molar-refractivity contribution is 9.10. The zero-order valence-corrected chi connectivity index (χ0v) is 13.8. The van der Waals surface area contributed by atoms with Crippen LogP contribution in [0, 0.1) is 12.3 Å². The van der Waals surface area contributed by atoms with Crippen LogP contribution in [-0.4, -0.2) is 29.8 Å². The molecule has 1 aromatic carbocycles. The molecule has 0 bridgehead atoms. The van der Waals surface area contributed by atoms with E-state index in [-0.39, 0.29) is 0 Å². The molecule has 1 N–H and O–H groups in total. The summed E-state index contributed by atoms with van der Waals surface area (Å²) in [5.74, 6) is -0.892. The van der Waals surface area contributed by atoms with Gasteiger partial charge in [-0.05, 0) is 44.5 Å². The highest BCUT2D eigenvalue weighted by atomic mass is 79.9. The van der Waals surface area contributed by atoms with E-state index < -0.39 is 23.6 Å². The van der Waals surface area contributed by atoms with Gasteiger partial charge in [0.15, 0.2) is 0 Å². The fraction of sp³-hybridized carbons (Fsp3) is 0.467. The van der Waals surface area contributed by atoms with Crippen LogP contribution >= 0.6 is 15.9 Å². The number of hydrogen-bond donors (Lipinski definition) is 1. The smallest absolute Gasteiger partial charge is 0.414 e. The third-order valence-corrected chi connectivity index (χ3v) is 4.13. The van der Waals surface area contributed by atoms with Gasteiger partial charge in [-0.1, -0.05) is 15.9 Å². The van der Waals surface area contributed by atoms with Gasteiger partial charge in [0.05, 0.1) is 17.6 Å². The number of carboxylic acids is 1. The number of carbonyl (C=O) groups excluding carboxylic acids is 1. The van der Waals surface area contributed by atoms with Gasteiger partial charge in [0, 0.05) is 10.9 Å². The van der Waals surface area contributed by atoms with E-state index in [4.69, 9.17) is 9.84 Å². The Hall–Kier alpha value is -1.56. The van der Waals surface area contributed by atoms with E-state index in [1.54, 1.807) is 18.7 Å². The summed E-state index contributed by atoms with van der Waals surface area (Å²) < 4.78 is 6.26. The second kappa shape index (κ2) is 5.67. The molecule has 1 aromatic rings. The molecule has 5 nitrogen and oxygen atoms in total. The molecule has 2 rings (SSSR count). The lowest BCUT2D eigenvalue weighted by molar-refractivity contribution is -0.148. The Bertz CT molecular complexity index is 585. The third-order valence-electron chi connectivity index (χ3n) is 3.64. The molecule has 1 heterocycles. The van der Waals surface area contributed by atoms with Gasteiger partial charge in [0.1, 0.15) is 6.10 Å². The summed E-state index contributed by atoms with van der Waals surface area (Å²) in [5, 5.41) is 9.17. The molecule has 21 heavy (non-hydrogen) atoms. The Morgan fingerprint density at radius 3 is 2.76 bits per heavy atom. The average Bonchev–Trinajstić information content (AvgIpc) is 2.69. The Labute approximate surface area is 132 Å². The zero-order chi connectivity index (χ0) is 15.8. The Morgan fingerprint density at radius 2 is 2.19 bits per heavy atom. The SMILES string of the molecule is Cc1cc(Br)ccc1N1C[C@H](CC(C)(C)C(=O)O)OC1=O. The quantitative estimate of drug-likeness (QED) is 0.896. The summed E-state index contributed by atoms with van der Waals surface area (Å²) in [4.78, 5) is 24.8. The number of cyclic esters (lactones) is 1. The molecule has 1 amide bonds. The standard InChI is InChI=1S/C15H18BrNO4/c1-9-6-10(16)4-5-12(9)17-8-11(21-14(17)20)7-15(2,3)13(18)19/h4-6,11H,7-8H2,1-3H3,(H,18,19)/t11-/m0/s1. The van der Waals surface area contributed by atoms with E-state index in [9.17, 15) is 9.59 Å². The largest absolute Gasteiger partial charge is 0.481 e. The number of amides is 1. The summed E-state index contributed by atoms with van der Waals surface area (Å²) in [6, 6.07) is 5.65. The molecule has 1 aliphatic rings. The van der Waals surface area contributed by atoms with Crippen LogP contribution in [-0.2, 0) is 9.53 Å². The fourth-order valence-corrected chi connectivity index (χ4v) is 2.88. The molecule has 0 saturated carbocycles. The van der Waals surface area contributed by atoms with Gasteiger partial charge in [0.2, 0.25) is 0 Å². The van der Waals surface area contributed by atoms with Crippen molar-refractivity contribution < 1.29 is 19.4 Å². The maximum Gasteiger partial charge on any atom is 0.414 e. The molecule has 1 aliphatic heterocycles. The van der Waals surface area contributed by atoms with Crippen LogP contribution in [0.25, 0.3) is 0 Å². The van der Waals surface area contributed by atoms with Crippen LogP contribution in [0.4, 0.5) is 10.5 Å². The van der Waals surface area contributed by atoms with Gasteiger partial charge in [-0.15, -0.1) is 0 Å². The first-order chi connectivity index (χ1) is 9.70. The van der Waals surface area contributed by atoms with Crippen LogP contribution in [0.15, 0.2) is 22.7 Å². The van der Waals surface area contributed by atoms with Gasteiger partial charge in [0.25, 0.3) is 0 Å². The number of halogens is 1. The number of aryl methyl sites for hydroxylation is 1. The maximum absolute atomic E-state index is 12.0. The summed E-state index contributed by atoms with van der Waals surface area (Å²) >= 11 is 3.39. The first-order valence-electron chi connectivity index (χ1n) is 6.68. The molecule has 0 radical (unpaired) electrons. The number of benzene rings is 1. The van der Waals surface area contributed by atoms with Crippen molar-refractivity contribution in [2.24, 2.45) is 5.41 Å². The molecule has 0 aromatic heterocycles. The van der Waals surface area contributed by atoms with Crippen molar-refractivity contribution in [3.8, 4) is 0 Å². The van der Waals surface area contributed by atoms with Crippen molar-refractivity contribution in [1.82, 2.24) is 0 Å². The number of hydrogen-bond acceptors (Lipinski definition) is 3. The van der Waals surface area contributed by atoms with Crippen molar-refractivity contribution in [3.63, 3.8) is 0 Å². The normalized spacial score (nSPS) is 18.8. The predicted octanol–water partition coefficient (Wildman–Crippen LogP) is 3.58. The van der Waals surface area contributed by atoms with E-state index in [0.29, 0.717) is 13.0 Å². The minimum absolute atomic E-state index is 0.292. The topological polar surface area (TPSA) is 66.8 Å². The lowest BCUT2D eigenvalue weighted by Gasteiger charge is -2.22. The van der Waals surface area contributed by atoms with E-state index in [1.807, 2.05) is 25.1 Å². The van der Waals surface area contributed by atoms with Crippen LogP contribution in [0.3, 0.4) is 0 Å². The number of carbonyl (C=O) groups is 2. The van der Waals surface area contributed by atoms with Crippen LogP contribution in [0.5, 0.6) is 0 Å². The second-order valence-corrected chi connectivity index (χ2v) is 6.86. The predicted molar refractivity (Wildman–Crippen MR) is 82.5 cm³/mol. The van der Waals surface area contributed by atoms with E-state index in [0.717, 1.165) is 15.7 Å². The second-order valence-electron chi connectivity index (χ2n) is 5.94. The molecule has 1 saturated heterocycles. The van der Waals surface area contributed by atoms with Crippen molar-refractivity contribution in [3.05, 3.63) is 28.2 Å². The first kappa shape index (κ1) is 15.8.